The molecule has 1 heterocycles. The zero-order valence-electron chi connectivity index (χ0n) is 10.5. The Labute approximate surface area is 103 Å². The number of benzene rings is 1. The maximum absolute atomic E-state index is 5.91. The highest BCUT2D eigenvalue weighted by molar-refractivity contribution is 6.30. The lowest BCUT2D eigenvalue weighted by atomic mass is 10.2. The van der Waals surface area contributed by atoms with Crippen LogP contribution in [0.4, 0.5) is 5.69 Å². The molecule has 1 aliphatic rings. The van der Waals surface area contributed by atoms with E-state index >= 15 is 0 Å². The zero-order valence-corrected chi connectivity index (χ0v) is 11.2. The average molecular weight is 242 g/mol. The molecule has 0 saturated carbocycles. The Balaban J connectivity index is 0.000000606. The van der Waals surface area contributed by atoms with Gasteiger partial charge in [-0.15, -0.1) is 0 Å². The van der Waals surface area contributed by atoms with Gasteiger partial charge in [0.05, 0.1) is 11.7 Å². The lowest BCUT2D eigenvalue weighted by Gasteiger charge is -2.36. The van der Waals surface area contributed by atoms with E-state index in [1.165, 1.54) is 0 Å². The number of ether oxygens (including phenoxy) is 1. The van der Waals surface area contributed by atoms with E-state index in [0.29, 0.717) is 6.04 Å². The Morgan fingerprint density at radius 1 is 1.44 bits per heavy atom. The van der Waals surface area contributed by atoms with E-state index in [1.54, 1.807) is 0 Å². The van der Waals surface area contributed by atoms with Crippen molar-refractivity contribution in [2.75, 3.05) is 18.1 Å². The normalized spacial score (nSPS) is 18.1. The first kappa shape index (κ1) is 13.2. The van der Waals surface area contributed by atoms with Gasteiger partial charge in [0.1, 0.15) is 12.4 Å². The first-order chi connectivity index (χ1) is 7.72. The molecule has 0 aromatic heterocycles. The molecule has 1 aromatic rings. The van der Waals surface area contributed by atoms with Gasteiger partial charge in [0.25, 0.3) is 0 Å². The number of fused-ring (bicyclic) bond motifs is 1. The molecule has 2 nitrogen and oxygen atoms in total. The number of halogens is 1. The van der Waals surface area contributed by atoms with E-state index in [9.17, 15) is 0 Å². The monoisotopic (exact) mass is 241 g/mol. The van der Waals surface area contributed by atoms with Crippen LogP contribution < -0.4 is 9.64 Å². The fourth-order valence-electron chi connectivity index (χ4n) is 1.86. The number of nitrogens with zero attached hydrogens (tertiary/aromatic N) is 1. The van der Waals surface area contributed by atoms with Crippen LogP contribution in [-0.4, -0.2) is 19.2 Å². The molecule has 2 rings (SSSR count). The molecule has 90 valence electrons. The molecule has 0 aliphatic carbocycles. The summed E-state index contributed by atoms with van der Waals surface area (Å²) in [5.41, 5.74) is 1.15. The van der Waals surface area contributed by atoms with Crippen molar-refractivity contribution in [1.29, 1.82) is 0 Å². The molecule has 1 unspecified atom stereocenters. The second-order valence-corrected chi connectivity index (χ2v) is 3.99. The SMILES string of the molecule is CC.CCN1c2ccc(Cl)cc2OCC1C. The second kappa shape index (κ2) is 6.00. The Bertz CT molecular complexity index is 341. The van der Waals surface area contributed by atoms with Gasteiger partial charge in [-0.3, -0.25) is 0 Å². The number of rotatable bonds is 1. The van der Waals surface area contributed by atoms with Crippen molar-refractivity contribution < 1.29 is 4.74 Å². The lowest BCUT2D eigenvalue weighted by molar-refractivity contribution is 0.271. The Hall–Kier alpha value is -0.890. The summed E-state index contributed by atoms with van der Waals surface area (Å²) < 4.78 is 5.62. The molecule has 0 fully saturated rings. The zero-order chi connectivity index (χ0) is 12.1. The minimum absolute atomic E-state index is 0.439. The highest BCUT2D eigenvalue weighted by atomic mass is 35.5. The van der Waals surface area contributed by atoms with Gasteiger partial charge in [-0.25, -0.2) is 0 Å². The topological polar surface area (TPSA) is 12.5 Å². The highest BCUT2D eigenvalue weighted by Crippen LogP contribution is 2.35. The Morgan fingerprint density at radius 3 is 2.75 bits per heavy atom. The fourth-order valence-corrected chi connectivity index (χ4v) is 2.02. The second-order valence-electron chi connectivity index (χ2n) is 3.56. The van der Waals surface area contributed by atoms with Crippen molar-refractivity contribution in [3.8, 4) is 5.75 Å². The molecular weight excluding hydrogens is 222 g/mol. The summed E-state index contributed by atoms with van der Waals surface area (Å²) in [6, 6.07) is 6.25. The number of anilines is 1. The summed E-state index contributed by atoms with van der Waals surface area (Å²) in [4.78, 5) is 2.33. The number of hydrogen-bond acceptors (Lipinski definition) is 2. The number of hydrogen-bond donors (Lipinski definition) is 0. The van der Waals surface area contributed by atoms with Crippen LogP contribution in [0.25, 0.3) is 0 Å². The van der Waals surface area contributed by atoms with Crippen LogP contribution in [0.3, 0.4) is 0 Å². The van der Waals surface area contributed by atoms with Crippen LogP contribution in [0.1, 0.15) is 27.7 Å². The molecule has 1 aromatic carbocycles. The summed E-state index contributed by atoms with van der Waals surface area (Å²) in [6.45, 7) is 10.1. The number of likely N-dealkylation sites (N-methyl/N-ethyl adjacent to an activating group) is 1. The lowest BCUT2D eigenvalue weighted by Crippen LogP contribution is -2.40. The van der Waals surface area contributed by atoms with Crippen molar-refractivity contribution >= 4 is 17.3 Å². The van der Waals surface area contributed by atoms with Crippen LogP contribution in [0, 0.1) is 0 Å². The summed E-state index contributed by atoms with van der Waals surface area (Å²) in [7, 11) is 0. The van der Waals surface area contributed by atoms with Gasteiger partial charge in [-0.1, -0.05) is 25.4 Å². The molecule has 3 heteroatoms. The standard InChI is InChI=1S/C11H14ClNO.C2H6/c1-3-13-8(2)7-14-11-6-9(12)4-5-10(11)13;1-2/h4-6,8H,3,7H2,1-2H3;1-2H3. The Kier molecular flexibility index (Phi) is 4.94. The van der Waals surface area contributed by atoms with Crippen molar-refractivity contribution in [2.45, 2.75) is 33.7 Å². The van der Waals surface area contributed by atoms with Crippen molar-refractivity contribution in [3.63, 3.8) is 0 Å². The third-order valence-corrected chi connectivity index (χ3v) is 2.82. The van der Waals surface area contributed by atoms with Crippen LogP contribution in [0.5, 0.6) is 5.75 Å². The minimum atomic E-state index is 0.439. The summed E-state index contributed by atoms with van der Waals surface area (Å²) in [5.74, 6) is 0.900. The molecule has 0 saturated heterocycles. The first-order valence-electron chi connectivity index (χ1n) is 5.91. The minimum Gasteiger partial charge on any atom is -0.489 e. The van der Waals surface area contributed by atoms with Gasteiger partial charge in [0, 0.05) is 17.6 Å². The molecule has 0 spiro atoms. The van der Waals surface area contributed by atoms with Crippen LogP contribution in [0.2, 0.25) is 5.02 Å². The molecule has 1 atom stereocenters. The highest BCUT2D eigenvalue weighted by Gasteiger charge is 2.22. The van der Waals surface area contributed by atoms with Crippen LogP contribution in [0.15, 0.2) is 18.2 Å². The summed E-state index contributed by atoms with van der Waals surface area (Å²) in [5, 5.41) is 0.731. The Morgan fingerprint density at radius 2 is 2.12 bits per heavy atom. The van der Waals surface area contributed by atoms with Gasteiger partial charge in [-0.05, 0) is 26.0 Å². The summed E-state index contributed by atoms with van der Waals surface area (Å²) in [6.07, 6.45) is 0. The largest absolute Gasteiger partial charge is 0.489 e. The van der Waals surface area contributed by atoms with E-state index in [2.05, 4.69) is 18.7 Å². The van der Waals surface area contributed by atoms with E-state index in [0.717, 1.165) is 29.6 Å². The third kappa shape index (κ3) is 2.62. The quantitative estimate of drug-likeness (QED) is 0.738. The van der Waals surface area contributed by atoms with Gasteiger partial charge >= 0.3 is 0 Å². The third-order valence-electron chi connectivity index (χ3n) is 2.58. The van der Waals surface area contributed by atoms with Crippen molar-refractivity contribution in [2.24, 2.45) is 0 Å². The summed E-state index contributed by atoms with van der Waals surface area (Å²) >= 11 is 5.91. The molecular formula is C13H20ClNO. The van der Waals surface area contributed by atoms with E-state index in [4.69, 9.17) is 16.3 Å². The van der Waals surface area contributed by atoms with E-state index < -0.39 is 0 Å². The molecule has 16 heavy (non-hydrogen) atoms. The van der Waals surface area contributed by atoms with Gasteiger partial charge in [0.2, 0.25) is 0 Å². The van der Waals surface area contributed by atoms with Crippen LogP contribution in [-0.2, 0) is 0 Å². The molecule has 0 N–H and O–H groups in total. The predicted molar refractivity (Wildman–Crippen MR) is 70.8 cm³/mol. The maximum atomic E-state index is 5.91. The van der Waals surface area contributed by atoms with E-state index in [1.807, 2.05) is 32.0 Å². The van der Waals surface area contributed by atoms with Crippen molar-refractivity contribution in [1.82, 2.24) is 0 Å². The smallest absolute Gasteiger partial charge is 0.144 e. The predicted octanol–water partition coefficient (Wildman–Crippen LogP) is 3.97. The fraction of sp³-hybridized carbons (Fsp3) is 0.538. The van der Waals surface area contributed by atoms with Gasteiger partial charge < -0.3 is 9.64 Å². The maximum Gasteiger partial charge on any atom is 0.144 e. The van der Waals surface area contributed by atoms with Gasteiger partial charge in [0.15, 0.2) is 0 Å². The van der Waals surface area contributed by atoms with E-state index in [-0.39, 0.29) is 0 Å². The molecule has 0 amide bonds. The molecule has 0 radical (unpaired) electrons. The average Bonchev–Trinajstić information content (AvgIpc) is 2.32. The molecule has 1 aliphatic heterocycles. The van der Waals surface area contributed by atoms with Crippen LogP contribution >= 0.6 is 11.6 Å². The molecule has 0 bridgehead atoms. The van der Waals surface area contributed by atoms with Gasteiger partial charge in [-0.2, -0.15) is 0 Å². The first-order valence-corrected chi connectivity index (χ1v) is 6.29. The van der Waals surface area contributed by atoms with Crippen molar-refractivity contribution in [3.05, 3.63) is 23.2 Å².